The second-order valence-electron chi connectivity index (χ2n) is 5.95. The lowest BCUT2D eigenvalue weighted by Crippen LogP contribution is -2.31. The Kier molecular flexibility index (Phi) is 5.68. The highest BCUT2D eigenvalue weighted by Crippen LogP contribution is 2.22. The van der Waals surface area contributed by atoms with Gasteiger partial charge >= 0.3 is 0 Å². The highest BCUT2D eigenvalue weighted by molar-refractivity contribution is 6.03. The molecule has 2 heterocycles. The normalized spacial score (nSPS) is 14.0. The van der Waals surface area contributed by atoms with Crippen LogP contribution in [0.2, 0.25) is 0 Å². The topological polar surface area (TPSA) is 87.2 Å². The predicted molar refractivity (Wildman–Crippen MR) is 95.0 cm³/mol. The summed E-state index contributed by atoms with van der Waals surface area (Å²) in [4.78, 5) is 34.4. The summed E-state index contributed by atoms with van der Waals surface area (Å²) in [5.41, 5.74) is 0.732. The molecule has 1 fully saturated rings. The van der Waals surface area contributed by atoms with Crippen molar-refractivity contribution in [2.45, 2.75) is 33.1 Å². The number of carbonyl (C=O) groups is 2. The molecule has 0 radical (unpaired) electrons. The minimum absolute atomic E-state index is 0.142. The number of aromatic nitrogens is 2. The second-order valence-corrected chi connectivity index (χ2v) is 5.95. The minimum Gasteiger partial charge on any atom is -0.356 e. The van der Waals surface area contributed by atoms with Crippen LogP contribution in [0.15, 0.2) is 30.4 Å². The number of amides is 2. The molecule has 0 aromatic carbocycles. The Balaban J connectivity index is 2.31. The van der Waals surface area contributed by atoms with Crippen molar-refractivity contribution >= 4 is 29.4 Å². The maximum atomic E-state index is 11.9. The van der Waals surface area contributed by atoms with E-state index in [0.29, 0.717) is 22.8 Å². The quantitative estimate of drug-likeness (QED) is 0.811. The molecule has 0 atom stereocenters. The number of hydrogen-bond acceptors (Lipinski definition) is 5. The number of nitrogens with one attached hydrogen (secondary N) is 2. The van der Waals surface area contributed by atoms with Crippen LogP contribution in [0.4, 0.5) is 17.6 Å². The SMILES string of the molecule is C=C(C)C(=O)Nc1cc(N2CCCCC2)nc(NC(=O)C(=C)C)n1. The summed E-state index contributed by atoms with van der Waals surface area (Å²) < 4.78 is 0. The van der Waals surface area contributed by atoms with Gasteiger partial charge in [0.1, 0.15) is 11.6 Å². The van der Waals surface area contributed by atoms with Crippen LogP contribution in [-0.4, -0.2) is 34.9 Å². The van der Waals surface area contributed by atoms with Crippen molar-refractivity contribution in [2.75, 3.05) is 28.6 Å². The van der Waals surface area contributed by atoms with Crippen molar-refractivity contribution in [3.05, 3.63) is 30.4 Å². The first-order chi connectivity index (χ1) is 11.4. The Bertz CT molecular complexity index is 631. The molecule has 128 valence electrons. The van der Waals surface area contributed by atoms with E-state index in [-0.39, 0.29) is 17.8 Å². The van der Waals surface area contributed by atoms with E-state index in [2.05, 4.69) is 38.7 Å². The molecule has 0 saturated carbocycles. The summed E-state index contributed by atoms with van der Waals surface area (Å²) in [6.45, 7) is 12.2. The van der Waals surface area contributed by atoms with Crippen molar-refractivity contribution in [3.8, 4) is 0 Å². The molecule has 2 amide bonds. The van der Waals surface area contributed by atoms with E-state index >= 15 is 0 Å². The van der Waals surface area contributed by atoms with Crippen molar-refractivity contribution < 1.29 is 9.59 Å². The third-order valence-electron chi connectivity index (χ3n) is 3.63. The Morgan fingerprint density at radius 1 is 1.00 bits per heavy atom. The number of anilines is 3. The molecule has 2 rings (SSSR count). The minimum atomic E-state index is -0.358. The molecule has 1 aliphatic rings. The Labute approximate surface area is 141 Å². The number of nitrogens with zero attached hydrogens (tertiary/aromatic N) is 3. The first-order valence-corrected chi connectivity index (χ1v) is 7.94. The predicted octanol–water partition coefficient (Wildman–Crippen LogP) is 2.50. The molecule has 0 aliphatic carbocycles. The Morgan fingerprint density at radius 3 is 2.17 bits per heavy atom. The van der Waals surface area contributed by atoms with Crippen LogP contribution in [0.1, 0.15) is 33.1 Å². The Hall–Kier alpha value is -2.70. The molecular formula is C17H23N5O2. The molecule has 1 aromatic rings. The van der Waals surface area contributed by atoms with E-state index in [1.807, 2.05) is 0 Å². The van der Waals surface area contributed by atoms with Gasteiger partial charge < -0.3 is 10.2 Å². The third-order valence-corrected chi connectivity index (χ3v) is 3.63. The number of carbonyl (C=O) groups excluding carboxylic acids is 2. The fourth-order valence-electron chi connectivity index (χ4n) is 2.27. The van der Waals surface area contributed by atoms with Crippen LogP contribution in [0, 0.1) is 0 Å². The summed E-state index contributed by atoms with van der Waals surface area (Å²) in [5, 5.41) is 5.28. The van der Waals surface area contributed by atoms with Crippen LogP contribution in [0.3, 0.4) is 0 Å². The highest BCUT2D eigenvalue weighted by atomic mass is 16.2. The fourth-order valence-corrected chi connectivity index (χ4v) is 2.27. The zero-order valence-electron chi connectivity index (χ0n) is 14.2. The Morgan fingerprint density at radius 2 is 1.58 bits per heavy atom. The molecule has 0 unspecified atom stereocenters. The summed E-state index contributed by atoms with van der Waals surface area (Å²) in [6.07, 6.45) is 3.37. The van der Waals surface area contributed by atoms with Gasteiger partial charge in [-0.3, -0.25) is 14.9 Å². The van der Waals surface area contributed by atoms with Crippen LogP contribution < -0.4 is 15.5 Å². The van der Waals surface area contributed by atoms with Crippen molar-refractivity contribution in [1.82, 2.24) is 9.97 Å². The molecule has 0 spiro atoms. The van der Waals surface area contributed by atoms with E-state index in [0.717, 1.165) is 25.9 Å². The molecule has 1 aromatic heterocycles. The molecule has 7 heteroatoms. The van der Waals surface area contributed by atoms with Gasteiger partial charge in [0, 0.05) is 30.3 Å². The van der Waals surface area contributed by atoms with Gasteiger partial charge in [-0.2, -0.15) is 9.97 Å². The third kappa shape index (κ3) is 4.65. The average molecular weight is 329 g/mol. The molecule has 1 aliphatic heterocycles. The van der Waals surface area contributed by atoms with Gasteiger partial charge in [-0.25, -0.2) is 0 Å². The summed E-state index contributed by atoms with van der Waals surface area (Å²) >= 11 is 0. The highest BCUT2D eigenvalue weighted by Gasteiger charge is 2.17. The van der Waals surface area contributed by atoms with Gasteiger partial charge in [0.05, 0.1) is 0 Å². The lowest BCUT2D eigenvalue weighted by molar-refractivity contribution is -0.113. The zero-order chi connectivity index (χ0) is 17.7. The van der Waals surface area contributed by atoms with E-state index in [9.17, 15) is 9.59 Å². The lowest BCUT2D eigenvalue weighted by Gasteiger charge is -2.28. The number of hydrogen-bond donors (Lipinski definition) is 2. The first-order valence-electron chi connectivity index (χ1n) is 7.94. The first kappa shape index (κ1) is 17.7. The van der Waals surface area contributed by atoms with Gasteiger partial charge in [-0.15, -0.1) is 0 Å². The molecule has 2 N–H and O–H groups in total. The largest absolute Gasteiger partial charge is 0.356 e. The van der Waals surface area contributed by atoms with Crippen LogP contribution in [-0.2, 0) is 9.59 Å². The zero-order valence-corrected chi connectivity index (χ0v) is 14.2. The van der Waals surface area contributed by atoms with Gasteiger partial charge in [0.15, 0.2) is 0 Å². The van der Waals surface area contributed by atoms with Gasteiger partial charge in [0.2, 0.25) is 5.95 Å². The molecule has 1 saturated heterocycles. The molecule has 0 bridgehead atoms. The molecular weight excluding hydrogens is 306 g/mol. The summed E-state index contributed by atoms with van der Waals surface area (Å²) in [5.74, 6) is 0.468. The van der Waals surface area contributed by atoms with Crippen LogP contribution >= 0.6 is 0 Å². The van der Waals surface area contributed by atoms with Gasteiger partial charge in [0.25, 0.3) is 11.8 Å². The summed E-state index contributed by atoms with van der Waals surface area (Å²) in [6, 6.07) is 1.71. The monoisotopic (exact) mass is 329 g/mol. The molecule has 7 nitrogen and oxygen atoms in total. The van der Waals surface area contributed by atoms with Crippen LogP contribution in [0.25, 0.3) is 0 Å². The van der Waals surface area contributed by atoms with Gasteiger partial charge in [-0.05, 0) is 33.1 Å². The number of rotatable bonds is 5. The van der Waals surface area contributed by atoms with E-state index in [1.165, 1.54) is 6.42 Å². The average Bonchev–Trinajstić information content (AvgIpc) is 2.55. The van der Waals surface area contributed by atoms with E-state index in [4.69, 9.17) is 0 Å². The molecule has 24 heavy (non-hydrogen) atoms. The van der Waals surface area contributed by atoms with E-state index < -0.39 is 0 Å². The summed E-state index contributed by atoms with van der Waals surface area (Å²) in [7, 11) is 0. The lowest BCUT2D eigenvalue weighted by atomic mass is 10.1. The smallest absolute Gasteiger partial charge is 0.253 e. The van der Waals surface area contributed by atoms with Gasteiger partial charge in [-0.1, -0.05) is 13.2 Å². The number of piperidine rings is 1. The maximum Gasteiger partial charge on any atom is 0.253 e. The van der Waals surface area contributed by atoms with E-state index in [1.54, 1.807) is 19.9 Å². The van der Waals surface area contributed by atoms with Crippen molar-refractivity contribution in [2.24, 2.45) is 0 Å². The second kappa shape index (κ2) is 7.72. The fraction of sp³-hybridized carbons (Fsp3) is 0.412. The van der Waals surface area contributed by atoms with Crippen molar-refractivity contribution in [1.29, 1.82) is 0 Å². The maximum absolute atomic E-state index is 11.9. The van der Waals surface area contributed by atoms with Crippen LogP contribution in [0.5, 0.6) is 0 Å². The standard InChI is InChI=1S/C17H23N5O2/c1-11(2)15(23)18-13-10-14(22-8-6-5-7-9-22)20-17(19-13)21-16(24)12(3)4/h10H,1,3,5-9H2,2,4H3,(H2,18,19,20,21,23,24). The van der Waals surface area contributed by atoms with Crippen molar-refractivity contribution in [3.63, 3.8) is 0 Å².